The molecular formula is C25H28N2. The van der Waals surface area contributed by atoms with Crippen molar-refractivity contribution in [3.63, 3.8) is 0 Å². The Balaban J connectivity index is 1.88. The minimum absolute atomic E-state index is 0.361. The zero-order valence-corrected chi connectivity index (χ0v) is 15.8. The molecule has 3 aromatic rings. The van der Waals surface area contributed by atoms with E-state index in [1.54, 1.807) is 0 Å². The molecule has 0 radical (unpaired) electrons. The van der Waals surface area contributed by atoms with E-state index in [4.69, 9.17) is 0 Å². The zero-order chi connectivity index (χ0) is 18.4. The molecule has 0 bridgehead atoms. The van der Waals surface area contributed by atoms with E-state index >= 15 is 0 Å². The van der Waals surface area contributed by atoms with Gasteiger partial charge in [-0.15, -0.1) is 0 Å². The van der Waals surface area contributed by atoms with Crippen LogP contribution in [0.4, 0.5) is 0 Å². The van der Waals surface area contributed by atoms with Crippen LogP contribution in [-0.2, 0) is 5.54 Å². The van der Waals surface area contributed by atoms with Crippen molar-refractivity contribution in [3.8, 4) is 0 Å². The number of rotatable bonds is 5. The fourth-order valence-electron chi connectivity index (χ4n) is 4.26. The second-order valence-corrected chi connectivity index (χ2v) is 7.39. The van der Waals surface area contributed by atoms with Gasteiger partial charge in [0.05, 0.1) is 5.54 Å². The molecule has 2 nitrogen and oxygen atoms in total. The minimum atomic E-state index is -0.361. The van der Waals surface area contributed by atoms with Gasteiger partial charge in [-0.2, -0.15) is 0 Å². The first-order valence-electron chi connectivity index (χ1n) is 10.0. The largest absolute Gasteiger partial charge is 0.315 e. The molecule has 1 atom stereocenters. The Kier molecular flexibility index (Phi) is 5.66. The van der Waals surface area contributed by atoms with Gasteiger partial charge in [-0.1, -0.05) is 97.4 Å². The van der Waals surface area contributed by atoms with Gasteiger partial charge in [-0.3, -0.25) is 5.32 Å². The van der Waals surface area contributed by atoms with Crippen LogP contribution in [0.2, 0.25) is 0 Å². The molecular weight excluding hydrogens is 328 g/mol. The quantitative estimate of drug-likeness (QED) is 0.647. The van der Waals surface area contributed by atoms with Crippen molar-refractivity contribution in [3.05, 3.63) is 108 Å². The number of hydrogen-bond acceptors (Lipinski definition) is 2. The summed E-state index contributed by atoms with van der Waals surface area (Å²) in [6, 6.07) is 33.0. The second kappa shape index (κ2) is 8.51. The molecule has 3 aromatic carbocycles. The first kappa shape index (κ1) is 18.0. The molecule has 27 heavy (non-hydrogen) atoms. The molecule has 0 spiro atoms. The van der Waals surface area contributed by atoms with Gasteiger partial charge in [0.1, 0.15) is 0 Å². The Labute approximate surface area is 162 Å². The van der Waals surface area contributed by atoms with Gasteiger partial charge in [-0.25, -0.2) is 0 Å². The molecule has 1 heterocycles. The van der Waals surface area contributed by atoms with E-state index in [1.807, 2.05) is 0 Å². The molecule has 2 N–H and O–H groups in total. The highest BCUT2D eigenvalue weighted by molar-refractivity contribution is 5.49. The maximum Gasteiger partial charge on any atom is 0.0950 e. The molecule has 0 saturated carbocycles. The van der Waals surface area contributed by atoms with Crippen LogP contribution in [-0.4, -0.2) is 19.1 Å². The molecule has 0 aromatic heterocycles. The van der Waals surface area contributed by atoms with Crippen molar-refractivity contribution < 1.29 is 0 Å². The van der Waals surface area contributed by atoms with Gasteiger partial charge in [0.15, 0.2) is 0 Å². The van der Waals surface area contributed by atoms with E-state index < -0.39 is 0 Å². The number of benzene rings is 3. The highest BCUT2D eigenvalue weighted by Crippen LogP contribution is 2.37. The van der Waals surface area contributed by atoms with Crippen molar-refractivity contribution in [2.75, 3.05) is 13.1 Å². The summed E-state index contributed by atoms with van der Waals surface area (Å²) in [7, 11) is 0. The number of nitrogens with one attached hydrogen (secondary N) is 2. The summed E-state index contributed by atoms with van der Waals surface area (Å²) in [5.74, 6) is 0. The van der Waals surface area contributed by atoms with Gasteiger partial charge in [0.25, 0.3) is 0 Å². The van der Waals surface area contributed by atoms with E-state index in [9.17, 15) is 0 Å². The SMILES string of the molecule is c1ccc(C(N[C@H]2CCCCNC2)(c2ccccc2)c2ccccc2)cc1. The van der Waals surface area contributed by atoms with Crippen molar-refractivity contribution in [2.45, 2.75) is 30.8 Å². The third-order valence-electron chi connectivity index (χ3n) is 5.59. The Morgan fingerprint density at radius 3 is 1.63 bits per heavy atom. The average molecular weight is 357 g/mol. The van der Waals surface area contributed by atoms with Crippen LogP contribution < -0.4 is 10.6 Å². The van der Waals surface area contributed by atoms with Crippen molar-refractivity contribution in [1.82, 2.24) is 10.6 Å². The van der Waals surface area contributed by atoms with E-state index in [2.05, 4.69) is 102 Å². The average Bonchev–Trinajstić information content (AvgIpc) is 3.02. The third-order valence-corrected chi connectivity index (χ3v) is 5.59. The van der Waals surface area contributed by atoms with Crippen LogP contribution in [0, 0.1) is 0 Å². The van der Waals surface area contributed by atoms with Crippen LogP contribution in [0.1, 0.15) is 36.0 Å². The van der Waals surface area contributed by atoms with E-state index in [0.29, 0.717) is 6.04 Å². The molecule has 2 heteroatoms. The molecule has 138 valence electrons. The van der Waals surface area contributed by atoms with E-state index in [0.717, 1.165) is 13.1 Å². The molecule has 1 fully saturated rings. The highest BCUT2D eigenvalue weighted by Gasteiger charge is 2.37. The van der Waals surface area contributed by atoms with Gasteiger partial charge in [0.2, 0.25) is 0 Å². The summed E-state index contributed by atoms with van der Waals surface area (Å²) in [5.41, 5.74) is 3.49. The lowest BCUT2D eigenvalue weighted by Crippen LogP contribution is -2.52. The van der Waals surface area contributed by atoms with Gasteiger partial charge in [0, 0.05) is 12.6 Å². The van der Waals surface area contributed by atoms with E-state index in [1.165, 1.54) is 36.0 Å². The Morgan fingerprint density at radius 1 is 0.667 bits per heavy atom. The van der Waals surface area contributed by atoms with Crippen LogP contribution in [0.3, 0.4) is 0 Å². The summed E-state index contributed by atoms with van der Waals surface area (Å²) < 4.78 is 0. The monoisotopic (exact) mass is 356 g/mol. The van der Waals surface area contributed by atoms with Crippen molar-refractivity contribution in [1.29, 1.82) is 0 Å². The molecule has 0 unspecified atom stereocenters. The van der Waals surface area contributed by atoms with Crippen molar-refractivity contribution >= 4 is 0 Å². The van der Waals surface area contributed by atoms with Crippen LogP contribution in [0.5, 0.6) is 0 Å². The molecule has 1 aliphatic heterocycles. The lowest BCUT2D eigenvalue weighted by molar-refractivity contribution is 0.371. The predicted octanol–water partition coefficient (Wildman–Crippen LogP) is 4.71. The molecule has 1 aliphatic rings. The summed E-state index contributed by atoms with van der Waals surface area (Å²) in [4.78, 5) is 0. The fraction of sp³-hybridized carbons (Fsp3) is 0.280. The summed E-state index contributed by atoms with van der Waals surface area (Å²) >= 11 is 0. The summed E-state index contributed by atoms with van der Waals surface area (Å²) in [5, 5.41) is 7.71. The molecule has 0 aliphatic carbocycles. The molecule has 4 rings (SSSR count). The predicted molar refractivity (Wildman–Crippen MR) is 113 cm³/mol. The Hall–Kier alpha value is -2.42. The standard InChI is InChI=1S/C25H28N2/c1-4-12-21(13-5-1)25(22-14-6-2-7-15-22,23-16-8-3-9-17-23)27-24-18-10-11-19-26-20-24/h1-9,12-17,24,26-27H,10-11,18-20H2/t24-/m0/s1. The number of hydrogen-bond donors (Lipinski definition) is 2. The smallest absolute Gasteiger partial charge is 0.0950 e. The third kappa shape index (κ3) is 3.83. The van der Waals surface area contributed by atoms with Crippen LogP contribution in [0.15, 0.2) is 91.0 Å². The Morgan fingerprint density at radius 2 is 1.15 bits per heavy atom. The van der Waals surface area contributed by atoms with Gasteiger partial charge >= 0.3 is 0 Å². The molecule has 1 saturated heterocycles. The first-order chi connectivity index (χ1) is 13.4. The second-order valence-electron chi connectivity index (χ2n) is 7.39. The van der Waals surface area contributed by atoms with Crippen LogP contribution in [0.25, 0.3) is 0 Å². The van der Waals surface area contributed by atoms with Gasteiger partial charge in [-0.05, 0) is 36.1 Å². The maximum atomic E-state index is 4.10. The fourth-order valence-corrected chi connectivity index (χ4v) is 4.26. The lowest BCUT2D eigenvalue weighted by atomic mass is 9.76. The normalized spacial score (nSPS) is 18.0. The minimum Gasteiger partial charge on any atom is -0.315 e. The lowest BCUT2D eigenvalue weighted by Gasteiger charge is -2.40. The first-order valence-corrected chi connectivity index (χ1v) is 10.0. The summed E-state index contributed by atoms with van der Waals surface area (Å²) in [6.07, 6.45) is 3.72. The topological polar surface area (TPSA) is 24.1 Å². The maximum absolute atomic E-state index is 4.10. The van der Waals surface area contributed by atoms with Crippen LogP contribution >= 0.6 is 0 Å². The highest BCUT2D eigenvalue weighted by atomic mass is 15.1. The van der Waals surface area contributed by atoms with Gasteiger partial charge < -0.3 is 5.32 Å². The zero-order valence-electron chi connectivity index (χ0n) is 15.8. The molecule has 0 amide bonds. The van der Waals surface area contributed by atoms with E-state index in [-0.39, 0.29) is 5.54 Å². The summed E-state index contributed by atoms with van der Waals surface area (Å²) in [6.45, 7) is 2.13. The Bertz CT molecular complexity index is 710. The van der Waals surface area contributed by atoms with Crippen molar-refractivity contribution in [2.24, 2.45) is 0 Å².